The lowest BCUT2D eigenvalue weighted by molar-refractivity contribution is -0.293. The van der Waals surface area contributed by atoms with Gasteiger partial charge in [-0.3, -0.25) is 19.2 Å². The van der Waals surface area contributed by atoms with E-state index in [1.165, 1.54) is 0 Å². The van der Waals surface area contributed by atoms with Gasteiger partial charge in [-0.15, -0.1) is 0 Å². The van der Waals surface area contributed by atoms with Crippen molar-refractivity contribution in [2.24, 2.45) is 52.3 Å². The highest BCUT2D eigenvalue weighted by Crippen LogP contribution is 2.77. The maximum atomic E-state index is 12.8. The molecule has 0 saturated heterocycles. The summed E-state index contributed by atoms with van der Waals surface area (Å²) in [4.78, 5) is 49.4. The first-order chi connectivity index (χ1) is 13.4. The second kappa shape index (κ2) is 7.61. The summed E-state index contributed by atoms with van der Waals surface area (Å²) in [5.74, 6) is -10.7. The highest BCUT2D eigenvalue weighted by Gasteiger charge is 2.83. The molecular formula is C21H32O8. The first-order valence-corrected chi connectivity index (χ1v) is 10.3. The van der Waals surface area contributed by atoms with Gasteiger partial charge in [0.15, 0.2) is 0 Å². The number of aliphatic carboxylic acids is 4. The molecule has 9 unspecified atom stereocenters. The third-order valence-corrected chi connectivity index (χ3v) is 8.39. The zero-order valence-electron chi connectivity index (χ0n) is 17.6. The van der Waals surface area contributed by atoms with E-state index >= 15 is 0 Å². The summed E-state index contributed by atoms with van der Waals surface area (Å²) in [6, 6.07) is 0. The van der Waals surface area contributed by atoms with Crippen molar-refractivity contribution in [2.75, 3.05) is 0 Å². The highest BCUT2D eigenvalue weighted by atomic mass is 16.4. The molecule has 0 spiro atoms. The number of carboxylic acids is 4. The molecule has 0 aromatic carbocycles. The second-order valence-electron chi connectivity index (χ2n) is 9.00. The molecule has 0 bridgehead atoms. The van der Waals surface area contributed by atoms with Crippen molar-refractivity contribution in [3.8, 4) is 0 Å². The van der Waals surface area contributed by atoms with Crippen molar-refractivity contribution in [3.63, 3.8) is 0 Å². The molecule has 2 saturated carbocycles. The van der Waals surface area contributed by atoms with E-state index < -0.39 is 76.1 Å². The van der Waals surface area contributed by atoms with Gasteiger partial charge in [0.1, 0.15) is 0 Å². The van der Waals surface area contributed by atoms with Crippen molar-refractivity contribution in [3.05, 3.63) is 0 Å². The lowest BCUT2D eigenvalue weighted by Crippen LogP contribution is -2.79. The van der Waals surface area contributed by atoms with Gasteiger partial charge in [-0.25, -0.2) is 0 Å². The van der Waals surface area contributed by atoms with E-state index in [1.807, 2.05) is 0 Å². The van der Waals surface area contributed by atoms with Gasteiger partial charge in [0.2, 0.25) is 0 Å². The summed E-state index contributed by atoms with van der Waals surface area (Å²) in [6.07, 6.45) is 0.715. The zero-order chi connectivity index (χ0) is 22.5. The van der Waals surface area contributed by atoms with Crippen molar-refractivity contribution >= 4 is 23.9 Å². The lowest BCUT2D eigenvalue weighted by atomic mass is 9.27. The largest absolute Gasteiger partial charge is 0.481 e. The Balaban J connectivity index is 2.84. The quantitative estimate of drug-likeness (QED) is 0.475. The van der Waals surface area contributed by atoms with Crippen molar-refractivity contribution in [1.82, 2.24) is 0 Å². The minimum atomic E-state index is -1.65. The van der Waals surface area contributed by atoms with Crippen molar-refractivity contribution in [2.45, 2.75) is 53.9 Å². The van der Waals surface area contributed by atoms with Crippen LogP contribution in [0.1, 0.15) is 53.9 Å². The first-order valence-electron chi connectivity index (χ1n) is 10.3. The van der Waals surface area contributed by atoms with Crippen LogP contribution in [0.5, 0.6) is 0 Å². The molecule has 29 heavy (non-hydrogen) atoms. The molecule has 0 amide bonds. The molecule has 8 heteroatoms. The Bertz CT molecular complexity index is 717. The fourth-order valence-electron chi connectivity index (χ4n) is 7.09. The van der Waals surface area contributed by atoms with Crippen LogP contribution in [-0.2, 0) is 19.2 Å². The Hall–Kier alpha value is -2.12. The van der Waals surface area contributed by atoms with E-state index in [4.69, 9.17) is 0 Å². The Morgan fingerprint density at radius 3 is 1.66 bits per heavy atom. The van der Waals surface area contributed by atoms with Crippen molar-refractivity contribution in [1.29, 1.82) is 0 Å². The zero-order valence-corrected chi connectivity index (χ0v) is 17.6. The van der Waals surface area contributed by atoms with E-state index in [0.717, 1.165) is 0 Å². The van der Waals surface area contributed by atoms with Crippen LogP contribution in [-0.4, -0.2) is 44.3 Å². The minimum absolute atomic E-state index is 0.136. The van der Waals surface area contributed by atoms with E-state index in [0.29, 0.717) is 12.8 Å². The molecule has 2 fully saturated rings. The van der Waals surface area contributed by atoms with Crippen LogP contribution in [0.25, 0.3) is 0 Å². The molecule has 4 N–H and O–H groups in total. The highest BCUT2D eigenvalue weighted by molar-refractivity contribution is 5.92. The monoisotopic (exact) mass is 412 g/mol. The molecule has 0 aromatic heterocycles. The van der Waals surface area contributed by atoms with Crippen LogP contribution in [0, 0.1) is 52.3 Å². The van der Waals surface area contributed by atoms with E-state index in [9.17, 15) is 39.6 Å². The van der Waals surface area contributed by atoms with Gasteiger partial charge in [-0.2, -0.15) is 0 Å². The minimum Gasteiger partial charge on any atom is -0.481 e. The average molecular weight is 412 g/mol. The van der Waals surface area contributed by atoms with Gasteiger partial charge >= 0.3 is 23.9 Å². The number of carbonyl (C=O) groups is 4. The van der Waals surface area contributed by atoms with Crippen LogP contribution in [0.3, 0.4) is 0 Å². The molecule has 0 heterocycles. The second-order valence-corrected chi connectivity index (χ2v) is 9.00. The Morgan fingerprint density at radius 1 is 0.862 bits per heavy atom. The number of rotatable bonds is 8. The van der Waals surface area contributed by atoms with Gasteiger partial charge in [-0.1, -0.05) is 47.5 Å². The van der Waals surface area contributed by atoms with Gasteiger partial charge < -0.3 is 20.4 Å². The Morgan fingerprint density at radius 2 is 1.31 bits per heavy atom. The molecule has 0 radical (unpaired) electrons. The summed E-state index contributed by atoms with van der Waals surface area (Å²) >= 11 is 0. The maximum absolute atomic E-state index is 12.8. The van der Waals surface area contributed by atoms with E-state index in [-0.39, 0.29) is 6.42 Å². The van der Waals surface area contributed by atoms with Crippen molar-refractivity contribution < 1.29 is 39.6 Å². The fraction of sp³-hybridized carbons (Fsp3) is 0.810. The normalized spacial score (nSPS) is 40.8. The number of hydrogen-bond donors (Lipinski definition) is 4. The first kappa shape index (κ1) is 23.2. The Kier molecular flexibility index (Phi) is 6.08. The molecule has 2 aliphatic rings. The molecular weight excluding hydrogens is 380 g/mol. The SMILES string of the molecule is CCC(C)C1(C(=O)O)C2CC(C(=O)O)C(C(=O)O)C(C)C2C1(C(=O)O)C(C)CC. The standard InChI is InChI=1S/C21H32O8/c1-6-9(3)20(18(26)27)13-8-12(16(22)23)14(17(24)25)11(5)15(13)21(20,19(28)29)10(4)7-2/h9-15H,6-8H2,1-5H3,(H,22,23)(H,24,25)(H,26,27)(H,28,29). The smallest absolute Gasteiger partial charge is 0.311 e. The molecule has 2 rings (SSSR count). The summed E-state index contributed by atoms with van der Waals surface area (Å²) in [5.41, 5.74) is -3.29. The fourth-order valence-corrected chi connectivity index (χ4v) is 7.09. The lowest BCUT2D eigenvalue weighted by Gasteiger charge is -2.73. The predicted octanol–water partition coefficient (Wildman–Crippen LogP) is 2.91. The van der Waals surface area contributed by atoms with Crippen LogP contribution in [0.15, 0.2) is 0 Å². The van der Waals surface area contributed by atoms with Crippen LogP contribution in [0.4, 0.5) is 0 Å². The Labute approximate surface area is 170 Å². The molecule has 0 aromatic rings. The topological polar surface area (TPSA) is 149 Å². The van der Waals surface area contributed by atoms with E-state index in [1.54, 1.807) is 34.6 Å². The van der Waals surface area contributed by atoms with Gasteiger partial charge in [0.05, 0.1) is 22.7 Å². The summed E-state index contributed by atoms with van der Waals surface area (Å²) < 4.78 is 0. The third kappa shape index (κ3) is 2.63. The third-order valence-electron chi connectivity index (χ3n) is 8.39. The summed E-state index contributed by atoms with van der Waals surface area (Å²) in [5, 5.41) is 40.3. The summed E-state index contributed by atoms with van der Waals surface area (Å²) in [7, 11) is 0. The van der Waals surface area contributed by atoms with Gasteiger partial charge in [0, 0.05) is 0 Å². The molecule has 8 nitrogen and oxygen atoms in total. The van der Waals surface area contributed by atoms with Crippen LogP contribution < -0.4 is 0 Å². The molecule has 9 atom stereocenters. The van der Waals surface area contributed by atoms with Crippen LogP contribution >= 0.6 is 0 Å². The van der Waals surface area contributed by atoms with Gasteiger partial charge in [0.25, 0.3) is 0 Å². The molecule has 2 aliphatic carbocycles. The predicted molar refractivity (Wildman–Crippen MR) is 102 cm³/mol. The number of carboxylic acid groups (broad SMARTS) is 4. The average Bonchev–Trinajstić information content (AvgIpc) is 2.61. The van der Waals surface area contributed by atoms with E-state index in [2.05, 4.69) is 0 Å². The maximum Gasteiger partial charge on any atom is 0.311 e. The number of fused-ring (bicyclic) bond motifs is 1. The molecule has 0 aliphatic heterocycles. The summed E-state index contributed by atoms with van der Waals surface area (Å²) in [6.45, 7) is 8.61. The molecule has 164 valence electrons. The number of hydrogen-bond acceptors (Lipinski definition) is 4. The van der Waals surface area contributed by atoms with Gasteiger partial charge in [-0.05, 0) is 36.0 Å². The van der Waals surface area contributed by atoms with Crippen LogP contribution in [0.2, 0.25) is 0 Å².